The van der Waals surface area contributed by atoms with Crippen molar-refractivity contribution in [3.63, 3.8) is 0 Å². The number of nitrogens with one attached hydrogen (secondary N) is 1. The largest absolute Gasteiger partial charge is 0.493 e. The van der Waals surface area contributed by atoms with Gasteiger partial charge < -0.3 is 14.8 Å². The van der Waals surface area contributed by atoms with Gasteiger partial charge in [-0.05, 0) is 36.8 Å². The minimum Gasteiger partial charge on any atom is -0.493 e. The van der Waals surface area contributed by atoms with Crippen LogP contribution in [0.25, 0.3) is 0 Å². The predicted molar refractivity (Wildman–Crippen MR) is 83.5 cm³/mol. The van der Waals surface area contributed by atoms with E-state index in [1.54, 1.807) is 7.11 Å². The number of rotatable bonds is 4. The molecule has 0 amide bonds. The van der Waals surface area contributed by atoms with Gasteiger partial charge in [0.2, 0.25) is 0 Å². The second-order valence-electron chi connectivity index (χ2n) is 6.54. The maximum Gasteiger partial charge on any atom is 0.165 e. The van der Waals surface area contributed by atoms with Gasteiger partial charge in [0, 0.05) is 24.1 Å². The van der Waals surface area contributed by atoms with E-state index in [0.29, 0.717) is 18.4 Å². The first-order chi connectivity index (χ1) is 10.7. The van der Waals surface area contributed by atoms with Crippen molar-refractivity contribution in [3.05, 3.63) is 35.9 Å². The molecule has 0 saturated heterocycles. The van der Waals surface area contributed by atoms with Crippen LogP contribution in [0, 0.1) is 5.92 Å². The molecule has 3 nitrogen and oxygen atoms in total. The Morgan fingerprint density at radius 3 is 3.09 bits per heavy atom. The molecule has 1 aromatic rings. The molecule has 3 aliphatic rings. The standard InChI is InChI=1S/C18H22FNO2/c1-3-8-20-13-9-10-4-7-14(21-2)18-15(10)16-11(13)5-6-12(19)17(16)22-18/h3-4,7,11-13,16-17,20H,1,5-6,8-9H2,2H3/t11?,12?,13-,16?,17+/m0/s1. The summed E-state index contributed by atoms with van der Waals surface area (Å²) in [4.78, 5) is 0. The maximum absolute atomic E-state index is 14.4. The highest BCUT2D eigenvalue weighted by Crippen LogP contribution is 2.57. The summed E-state index contributed by atoms with van der Waals surface area (Å²) in [5.74, 6) is 2.10. The summed E-state index contributed by atoms with van der Waals surface area (Å²) in [5.41, 5.74) is 2.48. The maximum atomic E-state index is 14.4. The van der Waals surface area contributed by atoms with Gasteiger partial charge in [-0.15, -0.1) is 6.58 Å². The first-order valence-corrected chi connectivity index (χ1v) is 8.09. The van der Waals surface area contributed by atoms with E-state index in [1.165, 1.54) is 11.1 Å². The van der Waals surface area contributed by atoms with E-state index in [9.17, 15) is 4.39 Å². The van der Waals surface area contributed by atoms with Crippen LogP contribution in [0.5, 0.6) is 11.5 Å². The Bertz CT molecular complexity index is 603. The van der Waals surface area contributed by atoms with Crippen LogP contribution in [-0.4, -0.2) is 32.0 Å². The summed E-state index contributed by atoms with van der Waals surface area (Å²) in [6.45, 7) is 4.58. The van der Waals surface area contributed by atoms with Crippen molar-refractivity contribution < 1.29 is 13.9 Å². The van der Waals surface area contributed by atoms with Crippen molar-refractivity contribution in [3.8, 4) is 11.5 Å². The number of benzene rings is 1. The zero-order chi connectivity index (χ0) is 15.3. The molecule has 1 aliphatic heterocycles. The van der Waals surface area contributed by atoms with Gasteiger partial charge in [-0.2, -0.15) is 0 Å². The Kier molecular flexibility index (Phi) is 3.37. The van der Waals surface area contributed by atoms with Gasteiger partial charge >= 0.3 is 0 Å². The molecule has 1 saturated carbocycles. The average Bonchev–Trinajstić information content (AvgIpc) is 2.94. The van der Waals surface area contributed by atoms with E-state index in [1.807, 2.05) is 12.1 Å². The summed E-state index contributed by atoms with van der Waals surface area (Å²) in [5, 5.41) is 3.57. The molecule has 5 atom stereocenters. The minimum absolute atomic E-state index is 0.153. The molecule has 1 heterocycles. The van der Waals surface area contributed by atoms with E-state index in [-0.39, 0.29) is 12.0 Å². The lowest BCUT2D eigenvalue weighted by Gasteiger charge is -2.43. The third-order valence-corrected chi connectivity index (χ3v) is 5.49. The van der Waals surface area contributed by atoms with Crippen LogP contribution in [0.1, 0.15) is 29.9 Å². The third-order valence-electron chi connectivity index (χ3n) is 5.49. The summed E-state index contributed by atoms with van der Waals surface area (Å²) < 4.78 is 25.9. The summed E-state index contributed by atoms with van der Waals surface area (Å²) >= 11 is 0. The molecule has 22 heavy (non-hydrogen) atoms. The Hall–Kier alpha value is -1.55. The number of halogens is 1. The van der Waals surface area contributed by atoms with Crippen molar-refractivity contribution in [1.82, 2.24) is 5.32 Å². The number of alkyl halides is 1. The molecule has 0 aromatic heterocycles. The lowest BCUT2D eigenvalue weighted by molar-refractivity contribution is 0.0284. The quantitative estimate of drug-likeness (QED) is 0.868. The Morgan fingerprint density at radius 1 is 1.45 bits per heavy atom. The fraction of sp³-hybridized carbons (Fsp3) is 0.556. The van der Waals surface area contributed by atoms with Crippen LogP contribution in [0.4, 0.5) is 4.39 Å². The second kappa shape index (κ2) is 5.27. The molecule has 1 aromatic carbocycles. The first-order valence-electron chi connectivity index (χ1n) is 8.09. The van der Waals surface area contributed by atoms with E-state index >= 15 is 0 Å². The molecule has 1 N–H and O–H groups in total. The van der Waals surface area contributed by atoms with E-state index < -0.39 is 6.17 Å². The van der Waals surface area contributed by atoms with Crippen LogP contribution in [0.15, 0.2) is 24.8 Å². The Labute approximate surface area is 130 Å². The highest BCUT2D eigenvalue weighted by molar-refractivity contribution is 5.57. The third kappa shape index (κ3) is 1.89. The Balaban J connectivity index is 1.79. The van der Waals surface area contributed by atoms with Gasteiger partial charge in [0.05, 0.1) is 7.11 Å². The van der Waals surface area contributed by atoms with Gasteiger partial charge in [-0.3, -0.25) is 0 Å². The van der Waals surface area contributed by atoms with Crippen LogP contribution in [0.3, 0.4) is 0 Å². The average molecular weight is 303 g/mol. The summed E-state index contributed by atoms with van der Waals surface area (Å²) in [7, 11) is 1.64. The highest BCUT2D eigenvalue weighted by Gasteiger charge is 2.53. The lowest BCUT2D eigenvalue weighted by Crippen LogP contribution is -2.50. The van der Waals surface area contributed by atoms with Crippen molar-refractivity contribution in [2.24, 2.45) is 5.92 Å². The molecule has 0 bridgehead atoms. The van der Waals surface area contributed by atoms with Crippen LogP contribution in [-0.2, 0) is 6.42 Å². The van der Waals surface area contributed by atoms with Crippen LogP contribution < -0.4 is 14.8 Å². The molecular formula is C18H22FNO2. The summed E-state index contributed by atoms with van der Waals surface area (Å²) in [6, 6.07) is 4.43. The zero-order valence-electron chi connectivity index (χ0n) is 12.8. The molecule has 4 rings (SSSR count). The van der Waals surface area contributed by atoms with Gasteiger partial charge in [-0.1, -0.05) is 12.1 Å². The molecule has 0 spiro atoms. The van der Waals surface area contributed by atoms with E-state index in [0.717, 1.165) is 30.9 Å². The monoisotopic (exact) mass is 303 g/mol. The highest BCUT2D eigenvalue weighted by atomic mass is 19.1. The van der Waals surface area contributed by atoms with Crippen molar-refractivity contribution >= 4 is 0 Å². The van der Waals surface area contributed by atoms with Gasteiger partial charge in [-0.25, -0.2) is 4.39 Å². The molecule has 3 unspecified atom stereocenters. The first kappa shape index (κ1) is 14.1. The second-order valence-corrected chi connectivity index (χ2v) is 6.54. The molecule has 4 heteroatoms. The SMILES string of the molecule is C=CCN[C@H]1Cc2ccc(OC)c3c2C2C1CCC(F)[C@H]2O3. The van der Waals surface area contributed by atoms with Crippen molar-refractivity contribution in [2.45, 2.75) is 43.5 Å². The molecule has 1 fully saturated rings. The van der Waals surface area contributed by atoms with Crippen LogP contribution >= 0.6 is 0 Å². The minimum atomic E-state index is -0.885. The molecule has 0 radical (unpaired) electrons. The van der Waals surface area contributed by atoms with Crippen molar-refractivity contribution in [2.75, 3.05) is 13.7 Å². The Morgan fingerprint density at radius 2 is 2.32 bits per heavy atom. The molecular weight excluding hydrogens is 281 g/mol. The van der Waals surface area contributed by atoms with Crippen LogP contribution in [0.2, 0.25) is 0 Å². The number of methoxy groups -OCH3 is 1. The topological polar surface area (TPSA) is 30.5 Å². The lowest BCUT2D eigenvalue weighted by atomic mass is 9.65. The number of hydrogen-bond donors (Lipinski definition) is 1. The molecule has 118 valence electrons. The van der Waals surface area contributed by atoms with Gasteiger partial charge in [0.25, 0.3) is 0 Å². The van der Waals surface area contributed by atoms with Gasteiger partial charge in [0.15, 0.2) is 11.5 Å². The smallest absolute Gasteiger partial charge is 0.165 e. The van der Waals surface area contributed by atoms with Crippen molar-refractivity contribution in [1.29, 1.82) is 0 Å². The van der Waals surface area contributed by atoms with E-state index in [2.05, 4.69) is 18.0 Å². The molecule has 2 aliphatic carbocycles. The fourth-order valence-electron chi connectivity index (χ4n) is 4.57. The fourth-order valence-corrected chi connectivity index (χ4v) is 4.57. The predicted octanol–water partition coefficient (Wildman–Crippen LogP) is 2.99. The van der Waals surface area contributed by atoms with Gasteiger partial charge in [0.1, 0.15) is 12.3 Å². The van der Waals surface area contributed by atoms with E-state index in [4.69, 9.17) is 9.47 Å². The number of ether oxygens (including phenoxy) is 2. The zero-order valence-corrected chi connectivity index (χ0v) is 12.8. The number of hydrogen-bond acceptors (Lipinski definition) is 3. The normalized spacial score (nSPS) is 34.7. The summed E-state index contributed by atoms with van der Waals surface area (Å²) in [6.07, 6.45) is 3.12.